The molecule has 0 unspecified atom stereocenters. The van der Waals surface area contributed by atoms with Crippen molar-refractivity contribution in [2.24, 2.45) is 11.8 Å². The van der Waals surface area contributed by atoms with Crippen molar-refractivity contribution < 1.29 is 36.5 Å². The number of aryl methyl sites for hydroxylation is 4. The van der Waals surface area contributed by atoms with Crippen LogP contribution < -0.4 is 0 Å². The Morgan fingerprint density at radius 3 is 1.20 bits per heavy atom. The third-order valence-electron chi connectivity index (χ3n) is 11.5. The normalized spacial score (nSPS) is 14.2. The van der Waals surface area contributed by atoms with Crippen molar-refractivity contribution in [1.29, 1.82) is 0 Å². The molecule has 0 atom stereocenters. The Morgan fingerprint density at radius 2 is 0.898 bits per heavy atom. The van der Waals surface area contributed by atoms with Crippen molar-refractivity contribution in [3.05, 3.63) is 145 Å². The Bertz CT molecular complexity index is 1970. The van der Waals surface area contributed by atoms with Crippen LogP contribution >= 0.6 is 24.8 Å². The molecule has 0 nitrogen and oxygen atoms in total. The second kappa shape index (κ2) is 25.5. The quantitative estimate of drug-likeness (QED) is 0.115. The van der Waals surface area contributed by atoms with Gasteiger partial charge in [-0.15, -0.1) is 93.9 Å². The van der Waals surface area contributed by atoms with Crippen molar-refractivity contribution in [2.75, 3.05) is 0 Å². The predicted octanol–water partition coefficient (Wildman–Crippen LogP) is 16.6. The van der Waals surface area contributed by atoms with Crippen molar-refractivity contribution in [1.82, 2.24) is 0 Å². The molecule has 2 fully saturated rings. The minimum absolute atomic E-state index is 0. The molecule has 8 rings (SSSR count). The molecule has 2 aliphatic carbocycles. The van der Waals surface area contributed by atoms with E-state index < -0.39 is 12.6 Å². The summed E-state index contributed by atoms with van der Waals surface area (Å²) in [4.78, 5) is 0. The Balaban J connectivity index is 0.000000331. The molecule has 0 bridgehead atoms. The van der Waals surface area contributed by atoms with Gasteiger partial charge in [0, 0.05) is 0 Å². The minimum atomic E-state index is -4.07. The van der Waals surface area contributed by atoms with Crippen LogP contribution in [0.3, 0.4) is 0 Å². The van der Waals surface area contributed by atoms with Crippen molar-refractivity contribution >= 4 is 53.2 Å². The zero-order valence-corrected chi connectivity index (χ0v) is 40.8. The summed E-state index contributed by atoms with van der Waals surface area (Å²) in [5, 5.41) is 5.65. The van der Waals surface area contributed by atoms with Crippen LogP contribution in [-0.4, -0.2) is 13.1 Å². The molecule has 318 valence electrons. The van der Waals surface area contributed by atoms with E-state index in [1.54, 1.807) is 0 Å². The molecule has 6 aromatic rings. The van der Waals surface area contributed by atoms with Gasteiger partial charge in [-0.2, -0.15) is 25.3 Å². The van der Waals surface area contributed by atoms with Gasteiger partial charge in [0.25, 0.3) is 0 Å². The fourth-order valence-electron chi connectivity index (χ4n) is 9.04. The molecule has 59 heavy (non-hydrogen) atoms. The zero-order valence-electron chi connectivity index (χ0n) is 35.7. The SMILES string of the molecule is Cc1cc(C)cc(-c2cccc3[cH-]c(CC4CCCCC4)cc23)c1.Cc1cc(C)cc(-c2cccc3[cH-]c(CC4CCCCC4)cc23)c1.Cl.Cl.[CH2-]CC(F)(F)F.[CH3-].[Si]=[Zr]. The molecule has 7 heteroatoms. The van der Waals surface area contributed by atoms with Gasteiger partial charge in [-0.05, 0) is 63.5 Å². The number of rotatable bonds is 6. The van der Waals surface area contributed by atoms with Gasteiger partial charge < -0.3 is 14.4 Å². The number of benzene rings is 4. The van der Waals surface area contributed by atoms with Crippen LogP contribution in [0.5, 0.6) is 0 Å². The Hall–Kier alpha value is -2.43. The van der Waals surface area contributed by atoms with Gasteiger partial charge in [0.15, 0.2) is 0 Å². The van der Waals surface area contributed by atoms with Crippen molar-refractivity contribution in [3.63, 3.8) is 0 Å². The summed E-state index contributed by atoms with van der Waals surface area (Å²) < 4.78 is 32.2. The Kier molecular flexibility index (Phi) is 22.8. The van der Waals surface area contributed by atoms with E-state index in [9.17, 15) is 13.2 Å². The van der Waals surface area contributed by atoms with E-state index in [1.165, 1.54) is 178 Å². The molecule has 2 radical (unpaired) electrons. The first-order chi connectivity index (χ1) is 26.9. The van der Waals surface area contributed by atoms with E-state index in [0.29, 0.717) is 0 Å². The van der Waals surface area contributed by atoms with Gasteiger partial charge in [-0.25, -0.2) is 0 Å². The number of hydrogen-bond acceptors (Lipinski definition) is 0. The maximum absolute atomic E-state index is 10.7. The summed E-state index contributed by atoms with van der Waals surface area (Å²) in [7, 11) is 0. The molecular formula is C52H63Cl2F3SiZr-4. The third-order valence-corrected chi connectivity index (χ3v) is 11.5. The average molecular weight is 935 g/mol. The summed E-state index contributed by atoms with van der Waals surface area (Å²) >= 11 is 1.36. The second-order valence-electron chi connectivity index (χ2n) is 16.4. The van der Waals surface area contributed by atoms with E-state index >= 15 is 0 Å². The van der Waals surface area contributed by atoms with E-state index in [0.717, 1.165) is 11.8 Å². The van der Waals surface area contributed by atoms with Crippen LogP contribution in [0.15, 0.2) is 97.1 Å². The fourth-order valence-corrected chi connectivity index (χ4v) is 9.04. The van der Waals surface area contributed by atoms with Gasteiger partial charge in [0.05, 0.1) is 0 Å². The molecule has 0 aromatic heterocycles. The molecule has 0 heterocycles. The number of alkyl halides is 3. The van der Waals surface area contributed by atoms with Crippen LogP contribution in [0.25, 0.3) is 43.8 Å². The first-order valence-electron chi connectivity index (χ1n) is 20.6. The van der Waals surface area contributed by atoms with Gasteiger partial charge in [0.1, 0.15) is 0 Å². The van der Waals surface area contributed by atoms with E-state index in [2.05, 4.69) is 139 Å². The predicted molar refractivity (Wildman–Crippen MR) is 252 cm³/mol. The zero-order chi connectivity index (χ0) is 40.2. The van der Waals surface area contributed by atoms with Crippen LogP contribution in [0.4, 0.5) is 13.2 Å². The van der Waals surface area contributed by atoms with Crippen LogP contribution in [0.1, 0.15) is 104 Å². The van der Waals surface area contributed by atoms with E-state index in [-0.39, 0.29) is 32.2 Å². The standard InChI is InChI=1S/2C24H27.C3H4F3.CH3.2ClH.Si.Zr/c2*1-17-11-18(2)13-22(12-17)23-10-6-9-21-15-20(16-24(21)23)14-19-7-4-3-5-8-19;1-2-3(4,5)6;;;;;/h2*6,9-13,15-16,19H,3-5,7-8,14H2,1-2H3;1-2H2;1H3;2*1H;;/q4*-1;;;;. The van der Waals surface area contributed by atoms with Crippen molar-refractivity contribution in [3.8, 4) is 22.3 Å². The summed E-state index contributed by atoms with van der Waals surface area (Å²) in [6.07, 6.45) is 11.8. The molecule has 0 N–H and O–H groups in total. The third kappa shape index (κ3) is 15.8. The maximum atomic E-state index is 10.7. The topological polar surface area (TPSA) is 0 Å². The molecule has 2 aliphatic rings. The number of halogens is 5. The second-order valence-corrected chi connectivity index (χ2v) is 16.4. The fraction of sp³-hybridized carbons (Fsp3) is 0.385. The van der Waals surface area contributed by atoms with E-state index in [1.807, 2.05) is 0 Å². The monoisotopic (exact) mass is 932 g/mol. The summed E-state index contributed by atoms with van der Waals surface area (Å²) in [6.45, 7) is 14.5. The first kappa shape index (κ1) is 52.7. The molecule has 2 saturated carbocycles. The van der Waals surface area contributed by atoms with E-state index in [4.69, 9.17) is 0 Å². The average Bonchev–Trinajstić information content (AvgIpc) is 3.79. The van der Waals surface area contributed by atoms with Crippen LogP contribution in [0, 0.1) is 53.9 Å². The van der Waals surface area contributed by atoms with Crippen molar-refractivity contribution in [2.45, 2.75) is 117 Å². The molecule has 0 aliphatic heterocycles. The molecule has 0 amide bonds. The summed E-state index contributed by atoms with van der Waals surface area (Å²) in [5.41, 5.74) is 13.9. The molecular weight excluding hydrogens is 872 g/mol. The molecule has 0 spiro atoms. The number of fused-ring (bicyclic) bond motifs is 2. The Labute approximate surface area is 383 Å². The van der Waals surface area contributed by atoms with Gasteiger partial charge in [-0.1, -0.05) is 153 Å². The van der Waals surface area contributed by atoms with Gasteiger partial charge >= 0.3 is 36.4 Å². The summed E-state index contributed by atoms with van der Waals surface area (Å²) in [6, 6.07) is 37.0. The molecule has 0 saturated heterocycles. The summed E-state index contributed by atoms with van der Waals surface area (Å²) in [5.74, 6) is 1.81. The van der Waals surface area contributed by atoms with Gasteiger partial charge in [-0.3, -0.25) is 0 Å². The van der Waals surface area contributed by atoms with Crippen LogP contribution in [-0.2, 0) is 36.2 Å². The Morgan fingerprint density at radius 1 is 0.576 bits per heavy atom. The molecule has 6 aromatic carbocycles. The van der Waals surface area contributed by atoms with Gasteiger partial charge in [0.2, 0.25) is 0 Å². The first-order valence-corrected chi connectivity index (χ1v) is 24.8. The van der Waals surface area contributed by atoms with Crippen LogP contribution in [0.2, 0.25) is 0 Å². The number of hydrogen-bond donors (Lipinski definition) is 0.